The smallest absolute Gasteiger partial charge is 0.236 e. The van der Waals surface area contributed by atoms with E-state index in [1.165, 1.54) is 25.7 Å². The average Bonchev–Trinajstić information content (AvgIpc) is 2.64. The number of hydrazine groups is 1. The molecule has 0 aromatic heterocycles. The van der Waals surface area contributed by atoms with E-state index in [0.717, 1.165) is 32.4 Å². The van der Waals surface area contributed by atoms with Gasteiger partial charge in [-0.3, -0.25) is 9.80 Å². The molecular weight excluding hydrogens is 188 g/mol. The Morgan fingerprint density at radius 3 is 2.47 bits per heavy atom. The topological polar surface area (TPSA) is 23.6 Å². The van der Waals surface area contributed by atoms with Gasteiger partial charge in [-0.25, -0.2) is 5.01 Å². The van der Waals surface area contributed by atoms with Crippen molar-refractivity contribution in [1.82, 2.24) is 10.0 Å². The van der Waals surface area contributed by atoms with Gasteiger partial charge in [0.2, 0.25) is 5.91 Å². The summed E-state index contributed by atoms with van der Waals surface area (Å²) in [6.07, 6.45) is 7.96. The molecule has 0 aliphatic carbocycles. The van der Waals surface area contributed by atoms with Crippen LogP contribution in [0.15, 0.2) is 0 Å². The lowest BCUT2D eigenvalue weighted by Gasteiger charge is -2.23. The van der Waals surface area contributed by atoms with Crippen molar-refractivity contribution in [3.8, 4) is 0 Å². The molecular formula is C12H24N2O. The number of hydrogen-bond donors (Lipinski definition) is 0. The predicted octanol–water partition coefficient (Wildman–Crippen LogP) is 2.43. The summed E-state index contributed by atoms with van der Waals surface area (Å²) < 4.78 is 0. The van der Waals surface area contributed by atoms with E-state index >= 15 is 0 Å². The molecule has 0 saturated carbocycles. The second-order valence-corrected chi connectivity index (χ2v) is 4.42. The van der Waals surface area contributed by atoms with Gasteiger partial charge in [0.1, 0.15) is 0 Å². The minimum absolute atomic E-state index is 0.312. The Hall–Kier alpha value is -0.570. The van der Waals surface area contributed by atoms with E-state index in [-0.39, 0.29) is 0 Å². The second-order valence-electron chi connectivity index (χ2n) is 4.42. The fourth-order valence-electron chi connectivity index (χ4n) is 2.06. The largest absolute Gasteiger partial charge is 0.276 e. The Labute approximate surface area is 93.4 Å². The fraction of sp³-hybridized carbons (Fsp3) is 0.917. The van der Waals surface area contributed by atoms with Gasteiger partial charge in [-0.2, -0.15) is 0 Å². The minimum Gasteiger partial charge on any atom is -0.276 e. The van der Waals surface area contributed by atoms with Crippen LogP contribution in [0.2, 0.25) is 0 Å². The molecule has 0 radical (unpaired) electrons. The third kappa shape index (κ3) is 4.20. The van der Waals surface area contributed by atoms with Crippen molar-refractivity contribution in [2.45, 2.75) is 51.9 Å². The third-order valence-corrected chi connectivity index (χ3v) is 3.05. The van der Waals surface area contributed by atoms with Crippen LogP contribution in [0.4, 0.5) is 0 Å². The quantitative estimate of drug-likeness (QED) is 0.631. The summed E-state index contributed by atoms with van der Waals surface area (Å²) >= 11 is 0. The van der Waals surface area contributed by atoms with E-state index in [9.17, 15) is 4.79 Å². The van der Waals surface area contributed by atoms with Crippen molar-refractivity contribution < 1.29 is 4.79 Å². The van der Waals surface area contributed by atoms with Crippen LogP contribution >= 0.6 is 0 Å². The van der Waals surface area contributed by atoms with Crippen LogP contribution in [0, 0.1) is 0 Å². The highest BCUT2D eigenvalue weighted by atomic mass is 16.2. The van der Waals surface area contributed by atoms with E-state index in [2.05, 4.69) is 6.92 Å². The Balaban J connectivity index is 2.08. The van der Waals surface area contributed by atoms with Gasteiger partial charge in [0.05, 0.1) is 0 Å². The SMILES string of the molecule is CCCCCCCC(=O)N1CCCN1C. The number of amides is 1. The molecule has 88 valence electrons. The van der Waals surface area contributed by atoms with Crippen molar-refractivity contribution in [2.24, 2.45) is 0 Å². The number of unbranched alkanes of at least 4 members (excludes halogenated alkanes) is 4. The molecule has 15 heavy (non-hydrogen) atoms. The fourth-order valence-corrected chi connectivity index (χ4v) is 2.06. The standard InChI is InChI=1S/C12H24N2O/c1-3-4-5-6-7-9-12(15)14-11-8-10-13(14)2/h3-11H2,1-2H3. The van der Waals surface area contributed by atoms with Crippen LogP contribution in [0.3, 0.4) is 0 Å². The molecule has 1 heterocycles. The maximum atomic E-state index is 11.8. The first-order valence-corrected chi connectivity index (χ1v) is 6.27. The monoisotopic (exact) mass is 212 g/mol. The van der Waals surface area contributed by atoms with Crippen molar-refractivity contribution in [3.05, 3.63) is 0 Å². The van der Waals surface area contributed by atoms with Crippen LogP contribution in [-0.2, 0) is 4.79 Å². The molecule has 0 bridgehead atoms. The van der Waals surface area contributed by atoms with Gasteiger partial charge in [0.25, 0.3) is 0 Å². The number of nitrogens with zero attached hydrogens (tertiary/aromatic N) is 2. The van der Waals surface area contributed by atoms with Gasteiger partial charge in [-0.05, 0) is 12.8 Å². The zero-order chi connectivity index (χ0) is 11.1. The molecule has 1 fully saturated rings. The molecule has 3 heteroatoms. The Kier molecular flexibility index (Phi) is 5.69. The molecule has 1 amide bonds. The molecule has 0 N–H and O–H groups in total. The molecule has 0 aromatic rings. The van der Waals surface area contributed by atoms with Gasteiger partial charge in [0, 0.05) is 26.6 Å². The zero-order valence-electron chi connectivity index (χ0n) is 10.2. The first-order chi connectivity index (χ1) is 7.25. The Morgan fingerprint density at radius 2 is 1.87 bits per heavy atom. The van der Waals surface area contributed by atoms with Crippen molar-refractivity contribution in [1.29, 1.82) is 0 Å². The second kappa shape index (κ2) is 6.83. The molecule has 3 nitrogen and oxygen atoms in total. The van der Waals surface area contributed by atoms with Crippen molar-refractivity contribution in [3.63, 3.8) is 0 Å². The lowest BCUT2D eigenvalue weighted by Crippen LogP contribution is -2.38. The van der Waals surface area contributed by atoms with E-state index in [1.54, 1.807) is 0 Å². The number of carbonyl (C=O) groups is 1. The molecule has 0 atom stereocenters. The Bertz CT molecular complexity index is 194. The lowest BCUT2D eigenvalue weighted by atomic mass is 10.1. The summed E-state index contributed by atoms with van der Waals surface area (Å²) in [7, 11) is 2.00. The maximum Gasteiger partial charge on any atom is 0.236 e. The lowest BCUT2D eigenvalue weighted by molar-refractivity contribution is -0.141. The predicted molar refractivity (Wildman–Crippen MR) is 62.3 cm³/mol. The first-order valence-electron chi connectivity index (χ1n) is 6.27. The summed E-state index contributed by atoms with van der Waals surface area (Å²) in [5, 5.41) is 3.95. The molecule has 1 aliphatic rings. The van der Waals surface area contributed by atoms with Crippen LogP contribution in [-0.4, -0.2) is 36.1 Å². The summed E-state index contributed by atoms with van der Waals surface area (Å²) in [6, 6.07) is 0. The molecule has 0 spiro atoms. The highest BCUT2D eigenvalue weighted by molar-refractivity contribution is 5.75. The molecule has 0 aromatic carbocycles. The van der Waals surface area contributed by atoms with Crippen LogP contribution in [0.1, 0.15) is 51.9 Å². The molecule has 0 unspecified atom stereocenters. The summed E-state index contributed by atoms with van der Waals surface area (Å²) in [5.74, 6) is 0.312. The van der Waals surface area contributed by atoms with Crippen LogP contribution in [0.25, 0.3) is 0 Å². The maximum absolute atomic E-state index is 11.8. The van der Waals surface area contributed by atoms with Gasteiger partial charge < -0.3 is 0 Å². The van der Waals surface area contributed by atoms with Gasteiger partial charge in [-0.15, -0.1) is 0 Å². The summed E-state index contributed by atoms with van der Waals surface area (Å²) in [4.78, 5) is 11.8. The van der Waals surface area contributed by atoms with E-state index in [4.69, 9.17) is 0 Å². The van der Waals surface area contributed by atoms with Crippen molar-refractivity contribution in [2.75, 3.05) is 20.1 Å². The number of rotatable bonds is 6. The summed E-state index contributed by atoms with van der Waals surface area (Å²) in [6.45, 7) is 4.16. The Morgan fingerprint density at radius 1 is 1.13 bits per heavy atom. The van der Waals surface area contributed by atoms with Crippen molar-refractivity contribution >= 4 is 5.91 Å². The minimum atomic E-state index is 0.312. The molecule has 1 saturated heterocycles. The van der Waals surface area contributed by atoms with E-state index < -0.39 is 0 Å². The highest BCUT2D eigenvalue weighted by Gasteiger charge is 2.22. The van der Waals surface area contributed by atoms with E-state index in [1.807, 2.05) is 17.1 Å². The first kappa shape index (κ1) is 12.5. The van der Waals surface area contributed by atoms with Gasteiger partial charge >= 0.3 is 0 Å². The highest BCUT2D eigenvalue weighted by Crippen LogP contribution is 2.12. The molecule has 1 aliphatic heterocycles. The average molecular weight is 212 g/mol. The van der Waals surface area contributed by atoms with Gasteiger partial charge in [-0.1, -0.05) is 32.6 Å². The molecule has 1 rings (SSSR count). The van der Waals surface area contributed by atoms with E-state index in [0.29, 0.717) is 5.91 Å². The number of hydrogen-bond acceptors (Lipinski definition) is 2. The summed E-state index contributed by atoms with van der Waals surface area (Å²) in [5.41, 5.74) is 0. The zero-order valence-corrected chi connectivity index (χ0v) is 10.2. The number of carbonyl (C=O) groups excluding carboxylic acids is 1. The normalized spacial score (nSPS) is 17.3. The van der Waals surface area contributed by atoms with Crippen LogP contribution < -0.4 is 0 Å². The van der Waals surface area contributed by atoms with Gasteiger partial charge in [0.15, 0.2) is 0 Å². The van der Waals surface area contributed by atoms with Crippen LogP contribution in [0.5, 0.6) is 0 Å². The third-order valence-electron chi connectivity index (χ3n) is 3.05.